The summed E-state index contributed by atoms with van der Waals surface area (Å²) in [6.07, 6.45) is 1.18. The van der Waals surface area contributed by atoms with Gasteiger partial charge in [-0.1, -0.05) is 91.0 Å². The van der Waals surface area contributed by atoms with Crippen LogP contribution in [0, 0.1) is 0 Å². The molecule has 0 N–H and O–H groups in total. The average Bonchev–Trinajstić information content (AvgIpc) is 3.26. The van der Waals surface area contributed by atoms with E-state index in [0.717, 1.165) is 23.0 Å². The zero-order valence-electron chi connectivity index (χ0n) is 19.9. The second-order valence-electron chi connectivity index (χ2n) is 9.52. The Balaban J connectivity index is 1.79. The molecule has 0 aromatic heterocycles. The van der Waals surface area contributed by atoms with Crippen molar-refractivity contribution in [2.24, 2.45) is 0 Å². The first-order chi connectivity index (χ1) is 16.3. The number of nitrogens with zero attached hydrogens (tertiary/aromatic N) is 1. The number of likely N-dealkylation sites (tertiary alicyclic amines) is 1. The summed E-state index contributed by atoms with van der Waals surface area (Å²) < 4.78 is 5.06. The third-order valence-corrected chi connectivity index (χ3v) is 7.91. The van der Waals surface area contributed by atoms with Gasteiger partial charge in [-0.2, -0.15) is 0 Å². The van der Waals surface area contributed by atoms with Crippen molar-refractivity contribution in [1.82, 2.24) is 4.90 Å². The van der Waals surface area contributed by atoms with Crippen molar-refractivity contribution >= 4 is 24.1 Å². The Bertz CT molecular complexity index is 1000. The Morgan fingerprint density at radius 1 is 0.853 bits per heavy atom. The van der Waals surface area contributed by atoms with Gasteiger partial charge in [-0.25, -0.2) is 4.79 Å². The average molecular weight is 474 g/mol. The van der Waals surface area contributed by atoms with Crippen LogP contribution >= 0.6 is 11.8 Å². The highest BCUT2D eigenvalue weighted by Gasteiger charge is 2.46. The second-order valence-corrected chi connectivity index (χ2v) is 11.0. The number of hydrogen-bond acceptors (Lipinski definition) is 4. The lowest BCUT2D eigenvalue weighted by Crippen LogP contribution is -2.43. The first kappa shape index (κ1) is 24.1. The van der Waals surface area contributed by atoms with Crippen molar-refractivity contribution in [3.05, 3.63) is 108 Å². The molecule has 34 heavy (non-hydrogen) atoms. The van der Waals surface area contributed by atoms with E-state index in [2.05, 4.69) is 72.8 Å². The molecule has 1 heterocycles. The van der Waals surface area contributed by atoms with Crippen LogP contribution in [0.25, 0.3) is 0 Å². The van der Waals surface area contributed by atoms with E-state index in [1.165, 1.54) is 0 Å². The molecule has 1 aliphatic rings. The molecule has 4 rings (SSSR count). The molecule has 0 bridgehead atoms. The third-order valence-electron chi connectivity index (χ3n) is 6.03. The summed E-state index contributed by atoms with van der Waals surface area (Å²) >= 11 is 1.75. The summed E-state index contributed by atoms with van der Waals surface area (Å²) in [4.78, 5) is 26.8. The van der Waals surface area contributed by atoms with Crippen molar-refractivity contribution < 1.29 is 14.3 Å². The fourth-order valence-electron chi connectivity index (χ4n) is 4.56. The highest BCUT2D eigenvalue weighted by atomic mass is 32.2. The molecular formula is C29H31NO3S. The van der Waals surface area contributed by atoms with E-state index in [4.69, 9.17) is 4.74 Å². The van der Waals surface area contributed by atoms with Gasteiger partial charge < -0.3 is 9.53 Å². The van der Waals surface area contributed by atoms with E-state index in [1.807, 2.05) is 39.0 Å². The molecule has 1 saturated heterocycles. The number of hydrogen-bond donors (Lipinski definition) is 0. The molecule has 5 heteroatoms. The molecular weight excluding hydrogens is 442 g/mol. The van der Waals surface area contributed by atoms with Crippen LogP contribution in [0.3, 0.4) is 0 Å². The SMILES string of the molecule is CC(C)(C)OC(=O)N1CC[C@H](SC(c2ccccc2)(c2ccccc2)c2ccccc2)[C@H]1C=O. The number of aldehydes is 1. The van der Waals surface area contributed by atoms with Crippen molar-refractivity contribution in [3.8, 4) is 0 Å². The van der Waals surface area contributed by atoms with Crippen molar-refractivity contribution in [2.45, 2.75) is 48.8 Å². The molecule has 0 spiro atoms. The second kappa shape index (κ2) is 10.1. The maximum atomic E-state index is 12.9. The Morgan fingerprint density at radius 2 is 1.29 bits per heavy atom. The monoisotopic (exact) mass is 473 g/mol. The van der Waals surface area contributed by atoms with Gasteiger partial charge in [0.05, 0.1) is 4.75 Å². The fraction of sp³-hybridized carbons (Fsp3) is 0.310. The minimum Gasteiger partial charge on any atom is -0.444 e. The van der Waals surface area contributed by atoms with Crippen LogP contribution in [0.1, 0.15) is 43.9 Å². The molecule has 3 aromatic carbocycles. The molecule has 176 valence electrons. The molecule has 2 atom stereocenters. The number of benzene rings is 3. The molecule has 0 radical (unpaired) electrons. The number of thioether (sulfide) groups is 1. The summed E-state index contributed by atoms with van der Waals surface area (Å²) in [7, 11) is 0. The largest absolute Gasteiger partial charge is 0.444 e. The third kappa shape index (κ3) is 4.90. The van der Waals surface area contributed by atoms with Crippen LogP contribution in [-0.2, 0) is 14.3 Å². The van der Waals surface area contributed by atoms with Gasteiger partial charge in [0.1, 0.15) is 17.9 Å². The summed E-state index contributed by atoms with van der Waals surface area (Å²) in [5.74, 6) is 0. The lowest BCUT2D eigenvalue weighted by atomic mass is 9.84. The summed E-state index contributed by atoms with van der Waals surface area (Å²) in [6.45, 7) is 6.02. The molecule has 3 aromatic rings. The van der Waals surface area contributed by atoms with E-state index in [1.54, 1.807) is 16.7 Å². The van der Waals surface area contributed by atoms with Gasteiger partial charge in [0.2, 0.25) is 0 Å². The Labute approximate surface area is 206 Å². The van der Waals surface area contributed by atoms with Crippen LogP contribution in [0.5, 0.6) is 0 Å². The van der Waals surface area contributed by atoms with E-state index in [-0.39, 0.29) is 5.25 Å². The zero-order valence-corrected chi connectivity index (χ0v) is 20.7. The minimum absolute atomic E-state index is 0.0920. The fourth-order valence-corrected chi connectivity index (χ4v) is 6.40. The number of amides is 1. The molecule has 0 aliphatic carbocycles. The number of ether oxygens (including phenoxy) is 1. The quantitative estimate of drug-likeness (QED) is 0.312. The van der Waals surface area contributed by atoms with Crippen LogP contribution in [0.15, 0.2) is 91.0 Å². The normalized spacial score (nSPS) is 18.5. The van der Waals surface area contributed by atoms with E-state index in [0.29, 0.717) is 13.0 Å². The Kier molecular flexibility index (Phi) is 7.13. The van der Waals surface area contributed by atoms with Crippen LogP contribution in [0.2, 0.25) is 0 Å². The smallest absolute Gasteiger partial charge is 0.410 e. The van der Waals surface area contributed by atoms with Crippen LogP contribution < -0.4 is 0 Å². The lowest BCUT2D eigenvalue weighted by molar-refractivity contribution is -0.111. The molecule has 1 fully saturated rings. The molecule has 1 aliphatic heterocycles. The van der Waals surface area contributed by atoms with E-state index < -0.39 is 22.5 Å². The topological polar surface area (TPSA) is 46.6 Å². The Morgan fingerprint density at radius 3 is 1.68 bits per heavy atom. The maximum Gasteiger partial charge on any atom is 0.410 e. The minimum atomic E-state index is -0.613. The molecule has 0 unspecified atom stereocenters. The highest BCUT2D eigenvalue weighted by molar-refractivity contribution is 8.01. The lowest BCUT2D eigenvalue weighted by Gasteiger charge is -2.38. The molecule has 1 amide bonds. The Hall–Kier alpha value is -3.05. The zero-order chi connectivity index (χ0) is 24.2. The predicted molar refractivity (Wildman–Crippen MR) is 138 cm³/mol. The molecule has 4 nitrogen and oxygen atoms in total. The first-order valence-corrected chi connectivity index (χ1v) is 12.5. The summed E-state index contributed by atoms with van der Waals surface area (Å²) in [5.41, 5.74) is 2.80. The summed E-state index contributed by atoms with van der Waals surface area (Å²) in [5, 5.41) is -0.0920. The van der Waals surface area contributed by atoms with Crippen molar-refractivity contribution in [1.29, 1.82) is 0 Å². The van der Waals surface area contributed by atoms with Crippen molar-refractivity contribution in [3.63, 3.8) is 0 Å². The van der Waals surface area contributed by atoms with Crippen molar-refractivity contribution in [2.75, 3.05) is 6.54 Å². The predicted octanol–water partition coefficient (Wildman–Crippen LogP) is 6.29. The van der Waals surface area contributed by atoms with Gasteiger partial charge in [-0.3, -0.25) is 4.90 Å². The van der Waals surface area contributed by atoms with Gasteiger partial charge in [-0.05, 0) is 43.9 Å². The van der Waals surface area contributed by atoms with E-state index >= 15 is 0 Å². The number of carbonyl (C=O) groups excluding carboxylic acids is 2. The first-order valence-electron chi connectivity index (χ1n) is 11.6. The van der Waals surface area contributed by atoms with Gasteiger partial charge >= 0.3 is 6.09 Å². The standard InChI is InChI=1S/C29H31NO3S/c1-28(2,3)33-27(32)30-20-19-26(25(30)21-31)34-29(22-13-7-4-8-14-22,23-15-9-5-10-16-23)24-17-11-6-12-18-24/h4-18,21,25-26H,19-20H2,1-3H3/t25-,26+/m1/s1. The van der Waals surface area contributed by atoms with E-state index in [9.17, 15) is 9.59 Å². The van der Waals surface area contributed by atoms with Gasteiger partial charge in [0.25, 0.3) is 0 Å². The maximum absolute atomic E-state index is 12.9. The van der Waals surface area contributed by atoms with Gasteiger partial charge in [0.15, 0.2) is 0 Å². The van der Waals surface area contributed by atoms with Gasteiger partial charge in [0, 0.05) is 11.8 Å². The highest BCUT2D eigenvalue weighted by Crippen LogP contribution is 2.52. The van der Waals surface area contributed by atoms with Gasteiger partial charge in [-0.15, -0.1) is 11.8 Å². The number of carbonyl (C=O) groups is 2. The van der Waals surface area contributed by atoms with Crippen LogP contribution in [0.4, 0.5) is 4.79 Å². The number of rotatable bonds is 6. The van der Waals surface area contributed by atoms with Crippen LogP contribution in [-0.4, -0.2) is 40.7 Å². The molecule has 0 saturated carbocycles. The summed E-state index contributed by atoms with van der Waals surface area (Å²) in [6, 6.07) is 30.7.